The number of amides is 1. The highest BCUT2D eigenvalue weighted by Crippen LogP contribution is 2.51. The predicted octanol–water partition coefficient (Wildman–Crippen LogP) is 3.44. The topological polar surface area (TPSA) is 109 Å². The van der Waals surface area contributed by atoms with Crippen LogP contribution < -0.4 is 30.0 Å². The van der Waals surface area contributed by atoms with Crippen LogP contribution in [0.2, 0.25) is 0 Å². The Balaban J connectivity index is 1.69. The van der Waals surface area contributed by atoms with E-state index in [2.05, 4.69) is 5.32 Å². The van der Waals surface area contributed by atoms with Gasteiger partial charge in [0.15, 0.2) is 11.5 Å². The van der Waals surface area contributed by atoms with Gasteiger partial charge in [-0.05, 0) is 66.5 Å². The van der Waals surface area contributed by atoms with Crippen molar-refractivity contribution in [1.29, 1.82) is 0 Å². The molecule has 2 aliphatic rings. The van der Waals surface area contributed by atoms with E-state index in [4.69, 9.17) is 24.7 Å². The second kappa shape index (κ2) is 10.6. The molecule has 35 heavy (non-hydrogen) atoms. The van der Waals surface area contributed by atoms with Crippen LogP contribution in [0.1, 0.15) is 42.9 Å². The Morgan fingerprint density at radius 1 is 0.971 bits per heavy atom. The number of Topliss-reactive ketones (excluding diaryl/α,β-unsaturated/α-hetero) is 1. The van der Waals surface area contributed by atoms with E-state index in [1.807, 2.05) is 24.3 Å². The van der Waals surface area contributed by atoms with Crippen molar-refractivity contribution in [3.05, 3.63) is 35.4 Å². The quantitative estimate of drug-likeness (QED) is 0.564. The molecule has 0 bridgehead atoms. The van der Waals surface area contributed by atoms with Crippen molar-refractivity contribution in [2.45, 2.75) is 38.1 Å². The van der Waals surface area contributed by atoms with Gasteiger partial charge in [0.1, 0.15) is 11.5 Å². The van der Waals surface area contributed by atoms with Crippen LogP contribution in [0, 0.1) is 11.8 Å². The molecule has 0 spiro atoms. The van der Waals surface area contributed by atoms with Crippen LogP contribution in [-0.2, 0) is 16.0 Å². The zero-order valence-corrected chi connectivity index (χ0v) is 20.8. The summed E-state index contributed by atoms with van der Waals surface area (Å²) in [5.41, 5.74) is 9.41. The van der Waals surface area contributed by atoms with Crippen molar-refractivity contribution in [1.82, 2.24) is 5.32 Å². The second-order valence-electron chi connectivity index (χ2n) is 9.11. The largest absolute Gasteiger partial charge is 0.497 e. The van der Waals surface area contributed by atoms with Crippen LogP contribution in [0.25, 0.3) is 11.1 Å². The second-order valence-corrected chi connectivity index (χ2v) is 9.11. The number of carbonyl (C=O) groups is 2. The first kappa shape index (κ1) is 24.9. The van der Waals surface area contributed by atoms with E-state index in [1.54, 1.807) is 28.4 Å². The minimum Gasteiger partial charge on any atom is -0.497 e. The number of hydrogen-bond donors (Lipinski definition) is 2. The Morgan fingerprint density at radius 3 is 2.34 bits per heavy atom. The lowest BCUT2D eigenvalue weighted by Gasteiger charge is -2.35. The molecular formula is C27H34N2O6. The maximum Gasteiger partial charge on any atom is 0.220 e. The fraction of sp³-hybridized carbons (Fsp3) is 0.481. The number of rotatable bonds is 9. The van der Waals surface area contributed by atoms with Gasteiger partial charge in [-0.15, -0.1) is 0 Å². The molecule has 0 saturated heterocycles. The van der Waals surface area contributed by atoms with Gasteiger partial charge in [-0.25, -0.2) is 0 Å². The van der Waals surface area contributed by atoms with E-state index in [9.17, 15) is 9.59 Å². The number of nitrogens with one attached hydrogen (secondary N) is 1. The Morgan fingerprint density at radius 2 is 1.74 bits per heavy atom. The molecule has 0 heterocycles. The van der Waals surface area contributed by atoms with Crippen molar-refractivity contribution in [2.75, 3.05) is 35.0 Å². The molecule has 2 aromatic rings. The number of nitrogens with two attached hydrogens (primary N) is 1. The summed E-state index contributed by atoms with van der Waals surface area (Å²) in [7, 11) is 6.43. The van der Waals surface area contributed by atoms with Gasteiger partial charge in [0.2, 0.25) is 11.7 Å². The maximum atomic E-state index is 13.1. The number of aryl methyl sites for hydroxylation is 1. The number of methoxy groups -OCH3 is 4. The molecule has 2 unspecified atom stereocenters. The smallest absolute Gasteiger partial charge is 0.220 e. The molecule has 8 heteroatoms. The Kier molecular flexibility index (Phi) is 7.50. The molecule has 0 radical (unpaired) electrons. The average Bonchev–Trinajstić information content (AvgIpc) is 3.01. The first-order valence-electron chi connectivity index (χ1n) is 12.0. The summed E-state index contributed by atoms with van der Waals surface area (Å²) >= 11 is 0. The molecule has 0 aliphatic heterocycles. The monoisotopic (exact) mass is 482 g/mol. The van der Waals surface area contributed by atoms with Crippen molar-refractivity contribution >= 4 is 11.7 Å². The zero-order chi connectivity index (χ0) is 25.1. The van der Waals surface area contributed by atoms with Crippen molar-refractivity contribution in [3.63, 3.8) is 0 Å². The molecular weight excluding hydrogens is 448 g/mol. The lowest BCUT2D eigenvalue weighted by atomic mass is 9.69. The highest BCUT2D eigenvalue weighted by atomic mass is 16.5. The van der Waals surface area contributed by atoms with Crippen molar-refractivity contribution < 1.29 is 28.5 Å². The number of carbonyl (C=O) groups excluding carboxylic acids is 2. The van der Waals surface area contributed by atoms with E-state index in [0.29, 0.717) is 42.3 Å². The van der Waals surface area contributed by atoms with E-state index < -0.39 is 0 Å². The van der Waals surface area contributed by atoms with Crippen LogP contribution in [-0.4, -0.2) is 46.7 Å². The minimum absolute atomic E-state index is 0.0333. The van der Waals surface area contributed by atoms with Crippen LogP contribution in [0.4, 0.5) is 0 Å². The number of ether oxygens (including phenoxy) is 4. The summed E-state index contributed by atoms with van der Waals surface area (Å²) in [5.74, 6) is 2.38. The molecule has 188 valence electrons. The Labute approximate surface area is 206 Å². The Bertz CT molecular complexity index is 1120. The molecule has 3 N–H and O–H groups in total. The minimum atomic E-state index is -0.231. The summed E-state index contributed by atoms with van der Waals surface area (Å²) < 4.78 is 22.5. The van der Waals surface area contributed by atoms with Crippen LogP contribution in [0.3, 0.4) is 0 Å². The third kappa shape index (κ3) is 4.67. The first-order chi connectivity index (χ1) is 16.9. The lowest BCUT2D eigenvalue weighted by molar-refractivity contribution is -0.129. The van der Waals surface area contributed by atoms with Gasteiger partial charge < -0.3 is 30.0 Å². The highest BCUT2D eigenvalue weighted by Gasteiger charge is 2.37. The van der Waals surface area contributed by atoms with Crippen molar-refractivity contribution in [3.8, 4) is 34.1 Å². The summed E-state index contributed by atoms with van der Waals surface area (Å²) in [4.78, 5) is 25.1. The lowest BCUT2D eigenvalue weighted by Crippen LogP contribution is -2.40. The number of hydrogen-bond acceptors (Lipinski definition) is 7. The van der Waals surface area contributed by atoms with Gasteiger partial charge in [0, 0.05) is 17.9 Å². The first-order valence-corrected chi connectivity index (χ1v) is 12.0. The SMILES string of the molecule is COc1ccc2c(c1)[C@@H](NC(=O)CC1CCC1C(=O)CN)CCc1cc(OC)c(OC)c(OC)c1-2. The average molecular weight is 483 g/mol. The van der Waals surface area contributed by atoms with E-state index in [-0.39, 0.29) is 36.1 Å². The highest BCUT2D eigenvalue weighted by molar-refractivity contribution is 5.86. The number of ketones is 1. The van der Waals surface area contributed by atoms with Gasteiger partial charge in [0.05, 0.1) is 41.0 Å². The summed E-state index contributed by atoms with van der Waals surface area (Å²) in [6.45, 7) is 0.0333. The molecule has 3 atom stereocenters. The third-order valence-corrected chi connectivity index (χ3v) is 7.33. The zero-order valence-electron chi connectivity index (χ0n) is 20.8. The molecule has 4 rings (SSSR count). The van der Waals surface area contributed by atoms with E-state index >= 15 is 0 Å². The third-order valence-electron chi connectivity index (χ3n) is 7.33. The molecule has 0 aromatic heterocycles. The fourth-order valence-electron chi connectivity index (χ4n) is 5.37. The van der Waals surface area contributed by atoms with Gasteiger partial charge in [0.25, 0.3) is 0 Å². The van der Waals surface area contributed by atoms with Crippen LogP contribution in [0.15, 0.2) is 24.3 Å². The number of benzene rings is 2. The predicted molar refractivity (Wildman–Crippen MR) is 132 cm³/mol. The Hall–Kier alpha value is -3.26. The molecule has 8 nitrogen and oxygen atoms in total. The van der Waals surface area contributed by atoms with Crippen LogP contribution >= 0.6 is 0 Å². The van der Waals surface area contributed by atoms with Gasteiger partial charge >= 0.3 is 0 Å². The van der Waals surface area contributed by atoms with E-state index in [1.165, 1.54) is 0 Å². The van der Waals surface area contributed by atoms with Gasteiger partial charge in [-0.3, -0.25) is 9.59 Å². The maximum absolute atomic E-state index is 13.1. The van der Waals surface area contributed by atoms with E-state index in [0.717, 1.165) is 35.1 Å². The standard InChI is InChI=1S/C27H34N2O6/c1-32-17-7-9-19-20(13-17)21(29-24(31)12-15-5-8-18(15)22(30)14-28)10-6-16-11-23(33-2)26(34-3)27(35-4)25(16)19/h7,9,11,13,15,18,21H,5-6,8,10,12,14,28H2,1-4H3,(H,29,31)/t15?,18?,21-/m0/s1. The summed E-state index contributed by atoms with van der Waals surface area (Å²) in [6.07, 6.45) is 3.40. The van der Waals surface area contributed by atoms with Gasteiger partial charge in [-0.1, -0.05) is 6.07 Å². The van der Waals surface area contributed by atoms with Gasteiger partial charge in [-0.2, -0.15) is 0 Å². The molecule has 2 aliphatic carbocycles. The summed E-state index contributed by atoms with van der Waals surface area (Å²) in [6, 6.07) is 7.61. The normalized spacial score (nSPS) is 20.4. The number of fused-ring (bicyclic) bond motifs is 3. The van der Waals surface area contributed by atoms with Crippen molar-refractivity contribution in [2.24, 2.45) is 17.6 Å². The molecule has 1 saturated carbocycles. The summed E-state index contributed by atoms with van der Waals surface area (Å²) in [5, 5.41) is 3.23. The molecule has 1 fully saturated rings. The molecule has 1 amide bonds. The fourth-order valence-corrected chi connectivity index (χ4v) is 5.37. The van der Waals surface area contributed by atoms with Crippen LogP contribution in [0.5, 0.6) is 23.0 Å². The molecule has 2 aromatic carbocycles.